The number of halogens is 1. The van der Waals surface area contributed by atoms with Gasteiger partial charge in [-0.2, -0.15) is 5.10 Å². The number of nitrogens with one attached hydrogen (secondary N) is 1. The molecule has 5 nitrogen and oxygen atoms in total. The average Bonchev–Trinajstić information content (AvgIpc) is 2.75. The predicted molar refractivity (Wildman–Crippen MR) is 70.5 cm³/mol. The van der Waals surface area contributed by atoms with Gasteiger partial charge >= 0.3 is 0 Å². The van der Waals surface area contributed by atoms with Gasteiger partial charge in [-0.1, -0.05) is 18.5 Å². The molecule has 1 atom stereocenters. The molecule has 2 heterocycles. The fraction of sp³-hybridized carbons (Fsp3) is 0.417. The highest BCUT2D eigenvalue weighted by Crippen LogP contribution is 2.26. The van der Waals surface area contributed by atoms with Gasteiger partial charge in [0.1, 0.15) is 6.04 Å². The number of hydrogen-bond donors (Lipinski definition) is 1. The highest BCUT2D eigenvalue weighted by atomic mass is 35.5. The third kappa shape index (κ3) is 2.52. The molecule has 0 aliphatic heterocycles. The summed E-state index contributed by atoms with van der Waals surface area (Å²) in [6.07, 6.45) is 6.11. The van der Waals surface area contributed by atoms with E-state index in [1.54, 1.807) is 24.7 Å². The molecule has 18 heavy (non-hydrogen) atoms. The minimum atomic E-state index is -0.146. The summed E-state index contributed by atoms with van der Waals surface area (Å²) in [5.74, 6) is 0.694. The van der Waals surface area contributed by atoms with Crippen molar-refractivity contribution in [3.8, 4) is 0 Å². The lowest BCUT2D eigenvalue weighted by Crippen LogP contribution is -2.24. The molecule has 0 aromatic carbocycles. The van der Waals surface area contributed by atoms with Crippen molar-refractivity contribution in [2.45, 2.75) is 25.9 Å². The smallest absolute Gasteiger partial charge is 0.151 e. The van der Waals surface area contributed by atoms with Gasteiger partial charge in [-0.05, 0) is 19.5 Å². The van der Waals surface area contributed by atoms with Crippen LogP contribution in [0.25, 0.3) is 0 Å². The molecule has 0 aliphatic rings. The molecule has 0 radical (unpaired) electrons. The number of aromatic nitrogens is 4. The van der Waals surface area contributed by atoms with Crippen LogP contribution >= 0.6 is 11.6 Å². The Morgan fingerprint density at radius 2 is 2.11 bits per heavy atom. The van der Waals surface area contributed by atoms with E-state index in [9.17, 15) is 0 Å². The maximum atomic E-state index is 6.23. The fourth-order valence-electron chi connectivity index (χ4n) is 1.90. The Hall–Kier alpha value is -1.46. The van der Waals surface area contributed by atoms with Crippen molar-refractivity contribution in [2.75, 3.05) is 7.05 Å². The van der Waals surface area contributed by atoms with Gasteiger partial charge in [0.15, 0.2) is 5.82 Å². The lowest BCUT2D eigenvalue weighted by atomic mass is 10.2. The molecule has 2 aromatic heterocycles. The zero-order chi connectivity index (χ0) is 13.0. The van der Waals surface area contributed by atoms with Crippen LogP contribution in [0, 0.1) is 0 Å². The summed E-state index contributed by atoms with van der Waals surface area (Å²) in [5, 5.41) is 8.11. The maximum Gasteiger partial charge on any atom is 0.151 e. The SMILES string of the molecule is CCCn1ncc(Cl)c1C(NC)c1ncccn1. The normalized spacial score (nSPS) is 12.6. The fourth-order valence-corrected chi connectivity index (χ4v) is 2.15. The molecular weight excluding hydrogens is 250 g/mol. The van der Waals surface area contributed by atoms with Gasteiger partial charge in [0, 0.05) is 18.9 Å². The molecule has 2 aromatic rings. The van der Waals surface area contributed by atoms with Crippen molar-refractivity contribution in [1.29, 1.82) is 0 Å². The molecule has 0 fully saturated rings. The lowest BCUT2D eigenvalue weighted by molar-refractivity contribution is 0.523. The van der Waals surface area contributed by atoms with Crippen molar-refractivity contribution in [1.82, 2.24) is 25.1 Å². The molecule has 2 rings (SSSR count). The highest BCUT2D eigenvalue weighted by molar-refractivity contribution is 6.31. The number of aryl methyl sites for hydroxylation is 1. The van der Waals surface area contributed by atoms with Crippen molar-refractivity contribution in [3.63, 3.8) is 0 Å². The van der Waals surface area contributed by atoms with Crippen molar-refractivity contribution in [3.05, 3.63) is 41.2 Å². The van der Waals surface area contributed by atoms with E-state index < -0.39 is 0 Å². The first-order valence-corrected chi connectivity index (χ1v) is 6.31. The second-order valence-electron chi connectivity index (χ2n) is 3.93. The second-order valence-corrected chi connectivity index (χ2v) is 4.34. The van der Waals surface area contributed by atoms with Gasteiger partial charge in [-0.15, -0.1) is 0 Å². The molecule has 0 saturated heterocycles. The molecule has 96 valence electrons. The standard InChI is InChI=1S/C12H16ClN5/c1-3-7-18-11(9(13)8-17-18)10(14-2)12-15-5-4-6-16-12/h4-6,8,10,14H,3,7H2,1-2H3. The minimum absolute atomic E-state index is 0.146. The third-order valence-corrected chi connectivity index (χ3v) is 2.97. The molecule has 1 unspecified atom stereocenters. The van der Waals surface area contributed by atoms with E-state index in [2.05, 4.69) is 27.3 Å². The Labute approximate surface area is 111 Å². The molecule has 6 heteroatoms. The van der Waals surface area contributed by atoms with Crippen molar-refractivity contribution in [2.24, 2.45) is 0 Å². The van der Waals surface area contributed by atoms with Crippen LogP contribution in [0.3, 0.4) is 0 Å². The highest BCUT2D eigenvalue weighted by Gasteiger charge is 2.22. The Morgan fingerprint density at radius 3 is 2.72 bits per heavy atom. The van der Waals surface area contributed by atoms with E-state index in [0.29, 0.717) is 10.8 Å². The topological polar surface area (TPSA) is 55.6 Å². The molecule has 0 aliphatic carbocycles. The second kappa shape index (κ2) is 5.93. The van der Waals surface area contributed by atoms with E-state index in [1.165, 1.54) is 0 Å². The van der Waals surface area contributed by atoms with Crippen molar-refractivity contribution >= 4 is 11.6 Å². The first kappa shape index (κ1) is 13.0. The van der Waals surface area contributed by atoms with E-state index in [-0.39, 0.29) is 6.04 Å². The Morgan fingerprint density at radius 1 is 1.39 bits per heavy atom. The van der Waals surface area contributed by atoms with Gasteiger partial charge < -0.3 is 5.32 Å². The van der Waals surface area contributed by atoms with E-state index in [0.717, 1.165) is 18.7 Å². The van der Waals surface area contributed by atoms with Crippen LogP contribution < -0.4 is 5.32 Å². The minimum Gasteiger partial charge on any atom is -0.305 e. The zero-order valence-corrected chi connectivity index (χ0v) is 11.2. The molecule has 1 N–H and O–H groups in total. The van der Waals surface area contributed by atoms with Gasteiger partial charge in [-0.25, -0.2) is 9.97 Å². The van der Waals surface area contributed by atoms with Crippen LogP contribution in [0.2, 0.25) is 5.02 Å². The summed E-state index contributed by atoms with van der Waals surface area (Å²) in [6, 6.07) is 1.65. The number of nitrogens with zero attached hydrogens (tertiary/aromatic N) is 4. The summed E-state index contributed by atoms with van der Waals surface area (Å²) >= 11 is 6.23. The Bertz CT molecular complexity index is 496. The van der Waals surface area contributed by atoms with E-state index in [4.69, 9.17) is 11.6 Å². The first-order chi connectivity index (χ1) is 8.77. The Kier molecular flexibility index (Phi) is 4.28. The largest absolute Gasteiger partial charge is 0.305 e. The summed E-state index contributed by atoms with van der Waals surface area (Å²) in [4.78, 5) is 8.55. The maximum absolute atomic E-state index is 6.23. The van der Waals surface area contributed by atoms with Crippen LogP contribution in [0.5, 0.6) is 0 Å². The van der Waals surface area contributed by atoms with Gasteiger partial charge in [0.2, 0.25) is 0 Å². The third-order valence-electron chi connectivity index (χ3n) is 2.67. The molecule has 0 bridgehead atoms. The molecule has 0 amide bonds. The van der Waals surface area contributed by atoms with Gasteiger partial charge in [0.05, 0.1) is 16.9 Å². The van der Waals surface area contributed by atoms with E-state index >= 15 is 0 Å². The summed E-state index contributed by atoms with van der Waals surface area (Å²) < 4.78 is 1.90. The lowest BCUT2D eigenvalue weighted by Gasteiger charge is -2.17. The quantitative estimate of drug-likeness (QED) is 0.899. The Balaban J connectivity index is 2.41. The van der Waals surface area contributed by atoms with Gasteiger partial charge in [-0.3, -0.25) is 4.68 Å². The van der Waals surface area contributed by atoms with Crippen LogP contribution in [0.15, 0.2) is 24.7 Å². The van der Waals surface area contributed by atoms with Crippen LogP contribution in [-0.2, 0) is 6.54 Å². The summed E-state index contributed by atoms with van der Waals surface area (Å²) in [6.45, 7) is 2.93. The summed E-state index contributed by atoms with van der Waals surface area (Å²) in [5.41, 5.74) is 0.909. The average molecular weight is 266 g/mol. The van der Waals surface area contributed by atoms with Crippen molar-refractivity contribution < 1.29 is 0 Å². The van der Waals surface area contributed by atoms with Crippen LogP contribution in [0.4, 0.5) is 0 Å². The van der Waals surface area contributed by atoms with Crippen LogP contribution in [0.1, 0.15) is 30.9 Å². The van der Waals surface area contributed by atoms with Gasteiger partial charge in [0.25, 0.3) is 0 Å². The summed E-state index contributed by atoms with van der Waals surface area (Å²) in [7, 11) is 1.86. The van der Waals surface area contributed by atoms with Crippen LogP contribution in [-0.4, -0.2) is 26.8 Å². The molecule has 0 spiro atoms. The molecular formula is C12H16ClN5. The van der Waals surface area contributed by atoms with E-state index in [1.807, 2.05) is 11.7 Å². The first-order valence-electron chi connectivity index (χ1n) is 5.93. The zero-order valence-electron chi connectivity index (χ0n) is 10.5. The number of hydrogen-bond acceptors (Lipinski definition) is 4. The monoisotopic (exact) mass is 265 g/mol. The predicted octanol–water partition coefficient (Wildman–Crippen LogP) is 2.05. The number of rotatable bonds is 5. The molecule has 0 saturated carbocycles.